The smallest absolute Gasteiger partial charge is 0.249 e. The summed E-state index contributed by atoms with van der Waals surface area (Å²) in [4.78, 5) is 3.93. The van der Waals surface area contributed by atoms with Crippen molar-refractivity contribution >= 4 is 21.4 Å². The summed E-state index contributed by atoms with van der Waals surface area (Å²) in [5.41, 5.74) is 0. The van der Waals surface area contributed by atoms with Crippen molar-refractivity contribution in [2.24, 2.45) is 0 Å². The normalized spacial score (nSPS) is 11.6. The Morgan fingerprint density at radius 2 is 2.31 bits per heavy atom. The Balaban J connectivity index is 2.96. The van der Waals surface area contributed by atoms with Crippen molar-refractivity contribution in [2.45, 2.75) is 24.5 Å². The standard InChI is InChI=1S/C9H13N3O2S2/c1-3-12(6-4-5-10)16(13,14)9-7-11-8(2)15-9/h7H,3-4,6H2,1-2H3. The summed E-state index contributed by atoms with van der Waals surface area (Å²) >= 11 is 1.15. The van der Waals surface area contributed by atoms with E-state index in [0.29, 0.717) is 6.54 Å². The zero-order valence-electron chi connectivity index (χ0n) is 9.17. The van der Waals surface area contributed by atoms with Crippen LogP contribution in [0.4, 0.5) is 0 Å². The van der Waals surface area contributed by atoms with Crippen molar-refractivity contribution in [3.8, 4) is 6.07 Å². The maximum atomic E-state index is 12.1. The van der Waals surface area contributed by atoms with Crippen LogP contribution in [-0.4, -0.2) is 30.8 Å². The SMILES string of the molecule is CCN(CCC#N)S(=O)(=O)c1cnc(C)s1. The summed E-state index contributed by atoms with van der Waals surface area (Å²) in [6, 6.07) is 1.94. The van der Waals surface area contributed by atoms with Gasteiger partial charge in [-0.05, 0) is 6.92 Å². The van der Waals surface area contributed by atoms with E-state index in [1.807, 2.05) is 6.07 Å². The number of hydrogen-bond acceptors (Lipinski definition) is 5. The molecule has 1 heterocycles. The van der Waals surface area contributed by atoms with E-state index in [1.165, 1.54) is 10.5 Å². The first-order valence-electron chi connectivity index (χ1n) is 4.82. The summed E-state index contributed by atoms with van der Waals surface area (Å²) < 4.78 is 25.7. The molecule has 0 amide bonds. The zero-order chi connectivity index (χ0) is 12.2. The molecule has 88 valence electrons. The van der Waals surface area contributed by atoms with Gasteiger partial charge in [0.05, 0.1) is 17.3 Å². The van der Waals surface area contributed by atoms with Gasteiger partial charge in [-0.2, -0.15) is 9.57 Å². The lowest BCUT2D eigenvalue weighted by Crippen LogP contribution is -2.31. The second-order valence-corrected chi connectivity index (χ2v) is 6.50. The highest BCUT2D eigenvalue weighted by molar-refractivity contribution is 7.91. The monoisotopic (exact) mass is 259 g/mol. The van der Waals surface area contributed by atoms with Gasteiger partial charge in [0.15, 0.2) is 4.21 Å². The van der Waals surface area contributed by atoms with E-state index in [9.17, 15) is 8.42 Å². The van der Waals surface area contributed by atoms with Gasteiger partial charge in [-0.1, -0.05) is 6.92 Å². The highest BCUT2D eigenvalue weighted by Gasteiger charge is 2.24. The van der Waals surface area contributed by atoms with E-state index in [-0.39, 0.29) is 17.2 Å². The summed E-state index contributed by atoms with van der Waals surface area (Å²) in [5, 5.41) is 9.19. The number of rotatable bonds is 5. The van der Waals surface area contributed by atoms with Crippen LogP contribution in [-0.2, 0) is 10.0 Å². The largest absolute Gasteiger partial charge is 0.254 e. The summed E-state index contributed by atoms with van der Waals surface area (Å²) in [5.74, 6) is 0. The summed E-state index contributed by atoms with van der Waals surface area (Å²) in [6.45, 7) is 4.10. The molecule has 1 aromatic heterocycles. The Hall–Kier alpha value is -0.970. The van der Waals surface area contributed by atoms with E-state index in [4.69, 9.17) is 5.26 Å². The quantitative estimate of drug-likeness (QED) is 0.800. The number of nitriles is 1. The maximum Gasteiger partial charge on any atom is 0.254 e. The molecule has 0 aromatic carbocycles. The lowest BCUT2D eigenvalue weighted by Gasteiger charge is -2.17. The Bertz CT molecular complexity index is 487. The molecule has 16 heavy (non-hydrogen) atoms. The fourth-order valence-corrected chi connectivity index (χ4v) is 3.92. The van der Waals surface area contributed by atoms with Gasteiger partial charge < -0.3 is 0 Å². The Morgan fingerprint density at radius 3 is 2.75 bits per heavy atom. The molecule has 0 aliphatic heterocycles. The molecule has 0 aliphatic rings. The molecule has 0 N–H and O–H groups in total. The second-order valence-electron chi connectivity index (χ2n) is 3.10. The molecule has 0 saturated heterocycles. The number of sulfonamides is 1. The van der Waals surface area contributed by atoms with Crippen molar-refractivity contribution < 1.29 is 8.42 Å². The van der Waals surface area contributed by atoms with Crippen LogP contribution >= 0.6 is 11.3 Å². The van der Waals surface area contributed by atoms with Crippen LogP contribution in [0.15, 0.2) is 10.4 Å². The van der Waals surface area contributed by atoms with Crippen LogP contribution in [0.3, 0.4) is 0 Å². The molecule has 0 atom stereocenters. The van der Waals surface area contributed by atoms with Crippen LogP contribution in [0.5, 0.6) is 0 Å². The lowest BCUT2D eigenvalue weighted by atomic mass is 10.5. The van der Waals surface area contributed by atoms with Gasteiger partial charge in [0, 0.05) is 19.5 Å². The molecule has 0 aliphatic carbocycles. The zero-order valence-corrected chi connectivity index (χ0v) is 10.8. The predicted octanol–water partition coefficient (Wildman–Crippen LogP) is 1.38. The van der Waals surface area contributed by atoms with Crippen LogP contribution in [0.1, 0.15) is 18.4 Å². The third kappa shape index (κ3) is 2.78. The van der Waals surface area contributed by atoms with Crippen LogP contribution in [0, 0.1) is 18.3 Å². The van der Waals surface area contributed by atoms with E-state index in [1.54, 1.807) is 13.8 Å². The molecule has 0 radical (unpaired) electrons. The molecule has 5 nitrogen and oxygen atoms in total. The minimum absolute atomic E-state index is 0.199. The summed E-state index contributed by atoms with van der Waals surface area (Å²) in [7, 11) is -3.46. The van der Waals surface area contributed by atoms with Gasteiger partial charge in [-0.25, -0.2) is 13.4 Å². The average Bonchev–Trinajstić information content (AvgIpc) is 2.66. The van der Waals surface area contributed by atoms with E-state index in [2.05, 4.69) is 4.98 Å². The van der Waals surface area contributed by atoms with Gasteiger partial charge >= 0.3 is 0 Å². The molecule has 1 rings (SSSR count). The van der Waals surface area contributed by atoms with Crippen molar-refractivity contribution in [1.82, 2.24) is 9.29 Å². The number of thiazole rings is 1. The van der Waals surface area contributed by atoms with Crippen molar-refractivity contribution in [1.29, 1.82) is 5.26 Å². The second kappa shape index (κ2) is 5.39. The van der Waals surface area contributed by atoms with Crippen LogP contribution in [0.2, 0.25) is 0 Å². The van der Waals surface area contributed by atoms with E-state index >= 15 is 0 Å². The first kappa shape index (κ1) is 13.1. The van der Waals surface area contributed by atoms with E-state index in [0.717, 1.165) is 16.3 Å². The Morgan fingerprint density at radius 1 is 1.62 bits per heavy atom. The number of aromatic nitrogens is 1. The average molecular weight is 259 g/mol. The van der Waals surface area contributed by atoms with Gasteiger partial charge in [-0.3, -0.25) is 0 Å². The molecule has 0 unspecified atom stereocenters. The molecular weight excluding hydrogens is 246 g/mol. The van der Waals surface area contributed by atoms with Crippen molar-refractivity contribution in [3.05, 3.63) is 11.2 Å². The third-order valence-corrected chi connectivity index (χ3v) is 5.34. The lowest BCUT2D eigenvalue weighted by molar-refractivity contribution is 0.436. The van der Waals surface area contributed by atoms with Crippen LogP contribution < -0.4 is 0 Å². The topological polar surface area (TPSA) is 74.1 Å². The van der Waals surface area contributed by atoms with Gasteiger partial charge in [0.2, 0.25) is 0 Å². The van der Waals surface area contributed by atoms with Crippen molar-refractivity contribution in [2.75, 3.05) is 13.1 Å². The fourth-order valence-electron chi connectivity index (χ4n) is 1.21. The predicted molar refractivity (Wildman–Crippen MR) is 61.5 cm³/mol. The number of hydrogen-bond donors (Lipinski definition) is 0. The summed E-state index contributed by atoms with van der Waals surface area (Å²) in [6.07, 6.45) is 1.56. The maximum absolute atomic E-state index is 12.1. The minimum atomic E-state index is -3.46. The number of aryl methyl sites for hydroxylation is 1. The first-order chi connectivity index (χ1) is 7.52. The molecule has 0 fully saturated rings. The molecule has 1 aromatic rings. The highest BCUT2D eigenvalue weighted by Crippen LogP contribution is 2.22. The van der Waals surface area contributed by atoms with Crippen LogP contribution in [0.25, 0.3) is 0 Å². The molecular formula is C9H13N3O2S2. The molecule has 7 heteroatoms. The molecule has 0 spiro atoms. The minimum Gasteiger partial charge on any atom is -0.249 e. The fraction of sp³-hybridized carbons (Fsp3) is 0.556. The highest BCUT2D eigenvalue weighted by atomic mass is 32.2. The van der Waals surface area contributed by atoms with Gasteiger partial charge in [0.25, 0.3) is 10.0 Å². The first-order valence-corrected chi connectivity index (χ1v) is 7.07. The van der Waals surface area contributed by atoms with E-state index < -0.39 is 10.0 Å². The van der Waals surface area contributed by atoms with Gasteiger partial charge in [0.1, 0.15) is 0 Å². The van der Waals surface area contributed by atoms with Crippen molar-refractivity contribution in [3.63, 3.8) is 0 Å². The molecule has 0 bridgehead atoms. The third-order valence-electron chi connectivity index (χ3n) is 2.02. The number of nitrogens with zero attached hydrogens (tertiary/aromatic N) is 3. The molecule has 0 saturated carbocycles. The van der Waals surface area contributed by atoms with Gasteiger partial charge in [-0.15, -0.1) is 11.3 Å². The Kier molecular flexibility index (Phi) is 4.41. The Labute approximate surface area is 99.4 Å².